The number of hydrogen-bond acceptors (Lipinski definition) is 4. The van der Waals surface area contributed by atoms with Gasteiger partial charge in [0.15, 0.2) is 5.82 Å². The molecule has 0 spiro atoms. The average molecular weight is 296 g/mol. The molecule has 2 aromatic rings. The van der Waals surface area contributed by atoms with Crippen molar-refractivity contribution in [3.8, 4) is 0 Å². The minimum absolute atomic E-state index is 0.286. The minimum Gasteiger partial charge on any atom is -0.339 e. The number of nitrogens with one attached hydrogen (secondary N) is 1. The van der Waals surface area contributed by atoms with E-state index in [1.807, 2.05) is 0 Å². The van der Waals surface area contributed by atoms with E-state index in [-0.39, 0.29) is 11.7 Å². The number of benzene rings is 1. The Morgan fingerprint density at radius 1 is 1.45 bits per heavy atom. The van der Waals surface area contributed by atoms with Gasteiger partial charge in [-0.05, 0) is 37.1 Å². The number of hydrogen-bond donors (Lipinski definition) is 1. The van der Waals surface area contributed by atoms with Crippen molar-refractivity contribution in [3.63, 3.8) is 0 Å². The molecule has 1 atom stereocenters. The van der Waals surface area contributed by atoms with Gasteiger partial charge in [-0.15, -0.1) is 0 Å². The van der Waals surface area contributed by atoms with Gasteiger partial charge in [-0.2, -0.15) is 4.98 Å². The molecule has 0 saturated carbocycles. The molecule has 1 aromatic heterocycles. The molecular weight excluding hydrogens is 281 g/mol. The maximum atomic E-state index is 13.0. The second-order valence-corrected chi connectivity index (χ2v) is 5.41. The molecule has 1 saturated heterocycles. The summed E-state index contributed by atoms with van der Waals surface area (Å²) in [4.78, 5) is 4.42. The zero-order chi connectivity index (χ0) is 13.9. The van der Waals surface area contributed by atoms with Gasteiger partial charge in [0.2, 0.25) is 5.89 Å². The fraction of sp³-hybridized carbons (Fsp3) is 0.429. The lowest BCUT2D eigenvalue weighted by atomic mass is 10.00. The van der Waals surface area contributed by atoms with Gasteiger partial charge < -0.3 is 9.84 Å². The summed E-state index contributed by atoms with van der Waals surface area (Å²) in [6.45, 7) is 1.92. The van der Waals surface area contributed by atoms with E-state index < -0.39 is 0 Å². The van der Waals surface area contributed by atoms with Crippen LogP contribution in [-0.2, 0) is 6.42 Å². The fourth-order valence-electron chi connectivity index (χ4n) is 2.40. The first kappa shape index (κ1) is 13.5. The monoisotopic (exact) mass is 295 g/mol. The van der Waals surface area contributed by atoms with E-state index in [1.165, 1.54) is 12.1 Å². The lowest BCUT2D eigenvalue weighted by Gasteiger charge is -2.18. The van der Waals surface area contributed by atoms with E-state index in [1.54, 1.807) is 6.07 Å². The highest BCUT2D eigenvalue weighted by Crippen LogP contribution is 2.23. The molecule has 106 valence electrons. The summed E-state index contributed by atoms with van der Waals surface area (Å²) in [5, 5.41) is 7.69. The summed E-state index contributed by atoms with van der Waals surface area (Å²) in [5.41, 5.74) is 0.794. The molecule has 1 fully saturated rings. The first-order valence-electron chi connectivity index (χ1n) is 6.69. The summed E-state index contributed by atoms with van der Waals surface area (Å²) >= 11 is 6.00. The van der Waals surface area contributed by atoms with E-state index in [0.29, 0.717) is 23.2 Å². The molecule has 4 nitrogen and oxygen atoms in total. The van der Waals surface area contributed by atoms with Crippen molar-refractivity contribution in [2.24, 2.45) is 0 Å². The lowest BCUT2D eigenvalue weighted by molar-refractivity contribution is 0.320. The second-order valence-electron chi connectivity index (χ2n) is 5.00. The Hall–Kier alpha value is -1.46. The summed E-state index contributed by atoms with van der Waals surface area (Å²) in [7, 11) is 0. The van der Waals surface area contributed by atoms with Crippen molar-refractivity contribution in [2.75, 3.05) is 13.1 Å². The van der Waals surface area contributed by atoms with E-state index in [2.05, 4.69) is 15.5 Å². The summed E-state index contributed by atoms with van der Waals surface area (Å²) in [5.74, 6) is 1.19. The predicted octanol–water partition coefficient (Wildman–Crippen LogP) is 2.92. The normalized spacial score (nSPS) is 19.2. The first-order chi connectivity index (χ1) is 9.72. The smallest absolute Gasteiger partial charge is 0.231 e. The predicted molar refractivity (Wildman–Crippen MR) is 73.4 cm³/mol. The van der Waals surface area contributed by atoms with Crippen molar-refractivity contribution < 1.29 is 8.91 Å². The summed E-state index contributed by atoms with van der Waals surface area (Å²) in [6.07, 6.45) is 2.63. The van der Waals surface area contributed by atoms with Crippen LogP contribution in [0.15, 0.2) is 22.7 Å². The molecule has 1 aliphatic rings. The molecular formula is C14H15ClFN3O. The van der Waals surface area contributed by atoms with Crippen LogP contribution >= 0.6 is 11.6 Å². The third-order valence-electron chi connectivity index (χ3n) is 3.49. The molecule has 6 heteroatoms. The van der Waals surface area contributed by atoms with Gasteiger partial charge >= 0.3 is 0 Å². The zero-order valence-electron chi connectivity index (χ0n) is 10.9. The largest absolute Gasteiger partial charge is 0.339 e. The van der Waals surface area contributed by atoms with Crippen molar-refractivity contribution in [1.29, 1.82) is 0 Å². The van der Waals surface area contributed by atoms with Crippen LogP contribution in [0.25, 0.3) is 0 Å². The molecule has 0 aliphatic carbocycles. The van der Waals surface area contributed by atoms with Crippen LogP contribution < -0.4 is 5.32 Å². The molecule has 0 unspecified atom stereocenters. The molecule has 1 aliphatic heterocycles. The molecule has 0 radical (unpaired) electrons. The van der Waals surface area contributed by atoms with Crippen LogP contribution in [0.4, 0.5) is 4.39 Å². The fourth-order valence-corrected chi connectivity index (χ4v) is 2.64. The molecule has 3 rings (SSSR count). The third-order valence-corrected chi connectivity index (χ3v) is 3.85. The van der Waals surface area contributed by atoms with Gasteiger partial charge in [0.25, 0.3) is 0 Å². The highest BCUT2D eigenvalue weighted by Gasteiger charge is 2.21. The van der Waals surface area contributed by atoms with Gasteiger partial charge in [0.1, 0.15) is 5.82 Å². The van der Waals surface area contributed by atoms with Crippen molar-refractivity contribution in [2.45, 2.75) is 25.2 Å². The Labute approximate surface area is 121 Å². The first-order valence-corrected chi connectivity index (χ1v) is 7.07. The number of piperidine rings is 1. The van der Waals surface area contributed by atoms with Crippen molar-refractivity contribution >= 4 is 11.6 Å². The standard InChI is InChI=1S/C14H15ClFN3O/c15-12-7-11(16)4-3-9(12)6-13-18-14(20-19-13)10-2-1-5-17-8-10/h3-4,7,10,17H,1-2,5-6,8H2/t10-/m0/s1. The quantitative estimate of drug-likeness (QED) is 0.946. The van der Waals surface area contributed by atoms with E-state index in [9.17, 15) is 4.39 Å². The van der Waals surface area contributed by atoms with Crippen molar-refractivity contribution in [1.82, 2.24) is 15.5 Å². The van der Waals surface area contributed by atoms with E-state index >= 15 is 0 Å². The van der Waals surface area contributed by atoms with Crippen LogP contribution in [0, 0.1) is 5.82 Å². The van der Waals surface area contributed by atoms with Crippen LogP contribution in [-0.4, -0.2) is 23.2 Å². The SMILES string of the molecule is Fc1ccc(Cc2noc([C@H]3CCCNC3)n2)c(Cl)c1. The lowest BCUT2D eigenvalue weighted by Crippen LogP contribution is -2.28. The van der Waals surface area contributed by atoms with Crippen molar-refractivity contribution in [3.05, 3.63) is 46.3 Å². The highest BCUT2D eigenvalue weighted by atomic mass is 35.5. The van der Waals surface area contributed by atoms with Gasteiger partial charge in [-0.3, -0.25) is 0 Å². The Bertz CT molecular complexity index is 596. The number of rotatable bonds is 3. The molecule has 1 aromatic carbocycles. The second kappa shape index (κ2) is 5.89. The van der Waals surface area contributed by atoms with E-state index in [0.717, 1.165) is 31.5 Å². The Morgan fingerprint density at radius 3 is 3.10 bits per heavy atom. The topological polar surface area (TPSA) is 51.0 Å². The number of halogens is 2. The maximum Gasteiger partial charge on any atom is 0.231 e. The van der Waals surface area contributed by atoms with Crippen LogP contribution in [0.5, 0.6) is 0 Å². The van der Waals surface area contributed by atoms with Crippen LogP contribution in [0.2, 0.25) is 5.02 Å². The van der Waals surface area contributed by atoms with Gasteiger partial charge in [-0.1, -0.05) is 22.8 Å². The number of aromatic nitrogens is 2. The Kier molecular flexibility index (Phi) is 3.98. The molecule has 2 heterocycles. The summed E-state index contributed by atoms with van der Waals surface area (Å²) < 4.78 is 18.3. The van der Waals surface area contributed by atoms with E-state index in [4.69, 9.17) is 16.1 Å². The molecule has 0 bridgehead atoms. The Balaban J connectivity index is 1.73. The Morgan fingerprint density at radius 2 is 2.35 bits per heavy atom. The zero-order valence-corrected chi connectivity index (χ0v) is 11.7. The van der Waals surface area contributed by atoms with Crippen LogP contribution in [0.3, 0.4) is 0 Å². The molecule has 1 N–H and O–H groups in total. The number of nitrogens with zero attached hydrogens (tertiary/aromatic N) is 2. The van der Waals surface area contributed by atoms with Gasteiger partial charge in [-0.25, -0.2) is 4.39 Å². The molecule has 20 heavy (non-hydrogen) atoms. The maximum absolute atomic E-state index is 13.0. The van der Waals surface area contributed by atoms with Crippen LogP contribution in [0.1, 0.15) is 36.0 Å². The molecule has 0 amide bonds. The van der Waals surface area contributed by atoms with Gasteiger partial charge in [0.05, 0.1) is 5.92 Å². The summed E-state index contributed by atoms with van der Waals surface area (Å²) in [6, 6.07) is 4.33. The van der Waals surface area contributed by atoms with Gasteiger partial charge in [0, 0.05) is 18.0 Å². The third kappa shape index (κ3) is 2.99. The highest BCUT2D eigenvalue weighted by molar-refractivity contribution is 6.31. The average Bonchev–Trinajstić information content (AvgIpc) is 2.92. The minimum atomic E-state index is -0.346.